The molecule has 0 unspecified atom stereocenters. The van der Waals surface area contributed by atoms with Crippen LogP contribution in [0.25, 0.3) is 0 Å². The highest BCUT2D eigenvalue weighted by Gasteiger charge is 2.78. The predicted molar refractivity (Wildman–Crippen MR) is 98.9 cm³/mol. The van der Waals surface area contributed by atoms with E-state index in [0.717, 1.165) is 39.1 Å². The van der Waals surface area contributed by atoms with E-state index in [4.69, 9.17) is 9.47 Å². The molecule has 3 saturated heterocycles. The van der Waals surface area contributed by atoms with E-state index in [9.17, 15) is 9.59 Å². The minimum absolute atomic E-state index is 0.0219. The Morgan fingerprint density at radius 2 is 2.00 bits per heavy atom. The molecule has 6 nitrogen and oxygen atoms in total. The van der Waals surface area contributed by atoms with Gasteiger partial charge in [-0.05, 0) is 25.2 Å². The normalized spacial score (nSPS) is 49.1. The molecule has 5 aliphatic rings. The summed E-state index contributed by atoms with van der Waals surface area (Å²) in [6.45, 7) is 10.3. The number of carbonyl (C=O) groups excluding carboxylic acids is 2. The number of carbonyl (C=O) groups is 2. The van der Waals surface area contributed by atoms with Crippen LogP contribution in [0.15, 0.2) is 0 Å². The molecule has 5 rings (SSSR count). The third-order valence-electron chi connectivity index (χ3n) is 8.47. The van der Waals surface area contributed by atoms with Gasteiger partial charge in [-0.3, -0.25) is 14.5 Å². The van der Waals surface area contributed by atoms with E-state index >= 15 is 0 Å². The zero-order chi connectivity index (χ0) is 19.0. The number of epoxide rings is 1. The Morgan fingerprint density at radius 3 is 2.70 bits per heavy atom. The number of esters is 1. The summed E-state index contributed by atoms with van der Waals surface area (Å²) in [6, 6.07) is 0. The summed E-state index contributed by atoms with van der Waals surface area (Å²) >= 11 is 0. The summed E-state index contributed by atoms with van der Waals surface area (Å²) < 4.78 is 12.4. The lowest BCUT2D eigenvalue weighted by molar-refractivity contribution is -0.147. The van der Waals surface area contributed by atoms with Gasteiger partial charge in [-0.1, -0.05) is 20.3 Å². The number of nitrogens with zero attached hydrogens (tertiary/aromatic N) is 2. The molecule has 0 N–H and O–H groups in total. The van der Waals surface area contributed by atoms with E-state index in [1.807, 2.05) is 4.90 Å². The Morgan fingerprint density at radius 1 is 1.26 bits per heavy atom. The molecule has 0 radical (unpaired) electrons. The second-order valence-electron chi connectivity index (χ2n) is 9.86. The maximum Gasteiger partial charge on any atom is 0.311 e. The van der Waals surface area contributed by atoms with Gasteiger partial charge >= 0.3 is 5.97 Å². The predicted octanol–water partition coefficient (Wildman–Crippen LogP) is 1.68. The summed E-state index contributed by atoms with van der Waals surface area (Å²) in [4.78, 5) is 28.5. The maximum atomic E-state index is 12.8. The van der Waals surface area contributed by atoms with Crippen molar-refractivity contribution in [1.29, 1.82) is 0 Å². The fourth-order valence-electron chi connectivity index (χ4n) is 6.97. The first-order valence-electron chi connectivity index (χ1n) is 10.7. The van der Waals surface area contributed by atoms with Crippen molar-refractivity contribution in [2.45, 2.75) is 64.3 Å². The van der Waals surface area contributed by atoms with Crippen LogP contribution in [0.3, 0.4) is 0 Å². The van der Waals surface area contributed by atoms with E-state index in [1.54, 1.807) is 6.92 Å². The molecule has 2 aliphatic carbocycles. The SMILES string of the molecule is CC(=O)N1CCN(C[C@H]2C(=O)O[C@@H]3C[C@@]4(C)CCC[C@H](C)[C@@]45O[C@@H]5[C@@H]32)CC1. The van der Waals surface area contributed by atoms with Crippen molar-refractivity contribution in [3.63, 3.8) is 0 Å². The average molecular weight is 376 g/mol. The first-order valence-corrected chi connectivity index (χ1v) is 10.7. The third kappa shape index (κ3) is 2.45. The summed E-state index contributed by atoms with van der Waals surface area (Å²) in [5.74, 6) is 0.803. The van der Waals surface area contributed by atoms with Crippen LogP contribution in [0.2, 0.25) is 0 Å². The van der Waals surface area contributed by atoms with Crippen molar-refractivity contribution in [3.05, 3.63) is 0 Å². The topological polar surface area (TPSA) is 62.4 Å². The number of rotatable bonds is 2. The summed E-state index contributed by atoms with van der Waals surface area (Å²) in [7, 11) is 0. The van der Waals surface area contributed by atoms with Gasteiger partial charge in [0.15, 0.2) is 0 Å². The molecular formula is C21H32N2O4. The molecule has 3 aliphatic heterocycles. The van der Waals surface area contributed by atoms with Crippen molar-refractivity contribution >= 4 is 11.9 Å². The lowest BCUT2D eigenvalue weighted by atomic mass is 9.53. The van der Waals surface area contributed by atoms with Gasteiger partial charge in [0.25, 0.3) is 0 Å². The van der Waals surface area contributed by atoms with Gasteiger partial charge in [-0.15, -0.1) is 0 Å². The number of amides is 1. The molecule has 150 valence electrons. The molecule has 0 bridgehead atoms. The smallest absolute Gasteiger partial charge is 0.311 e. The van der Waals surface area contributed by atoms with E-state index < -0.39 is 0 Å². The summed E-state index contributed by atoms with van der Waals surface area (Å²) in [5.41, 5.74) is 0.130. The van der Waals surface area contributed by atoms with Gasteiger partial charge in [-0.2, -0.15) is 0 Å². The largest absolute Gasteiger partial charge is 0.462 e. The van der Waals surface area contributed by atoms with E-state index in [0.29, 0.717) is 5.92 Å². The maximum absolute atomic E-state index is 12.8. The highest BCUT2D eigenvalue weighted by atomic mass is 16.6. The van der Waals surface area contributed by atoms with Crippen molar-refractivity contribution < 1.29 is 19.1 Å². The zero-order valence-corrected chi connectivity index (χ0v) is 16.8. The Bertz CT molecular complexity index is 661. The number of fused-ring (bicyclic) bond motifs is 2. The molecule has 27 heavy (non-hydrogen) atoms. The van der Waals surface area contributed by atoms with Crippen molar-refractivity contribution in [3.8, 4) is 0 Å². The van der Waals surface area contributed by atoms with Crippen LogP contribution in [-0.4, -0.2) is 72.2 Å². The van der Waals surface area contributed by atoms with Gasteiger partial charge < -0.3 is 14.4 Å². The number of hydrogen-bond donors (Lipinski definition) is 0. The molecule has 6 heteroatoms. The highest BCUT2D eigenvalue weighted by Crippen LogP contribution is 2.70. The van der Waals surface area contributed by atoms with Crippen LogP contribution >= 0.6 is 0 Å². The Balaban J connectivity index is 1.32. The van der Waals surface area contributed by atoms with E-state index in [-0.39, 0.29) is 46.9 Å². The number of piperazine rings is 1. The number of ether oxygens (including phenoxy) is 2. The van der Waals surface area contributed by atoms with Crippen LogP contribution < -0.4 is 0 Å². The highest BCUT2D eigenvalue weighted by molar-refractivity contribution is 5.76. The van der Waals surface area contributed by atoms with E-state index in [1.165, 1.54) is 19.3 Å². The number of hydrogen-bond acceptors (Lipinski definition) is 5. The van der Waals surface area contributed by atoms with Gasteiger partial charge in [0, 0.05) is 51.0 Å². The van der Waals surface area contributed by atoms with Crippen molar-refractivity contribution in [1.82, 2.24) is 9.80 Å². The molecule has 1 amide bonds. The summed E-state index contributed by atoms with van der Waals surface area (Å²) in [5, 5.41) is 0. The second kappa shape index (κ2) is 5.93. The van der Waals surface area contributed by atoms with Gasteiger partial charge in [0.1, 0.15) is 11.7 Å². The van der Waals surface area contributed by atoms with Gasteiger partial charge in [0.2, 0.25) is 5.91 Å². The van der Waals surface area contributed by atoms with Crippen LogP contribution in [0, 0.1) is 23.2 Å². The van der Waals surface area contributed by atoms with Crippen LogP contribution in [0.5, 0.6) is 0 Å². The Labute approximate surface area is 161 Å². The zero-order valence-electron chi connectivity index (χ0n) is 16.8. The average Bonchev–Trinajstić information content (AvgIpc) is 3.31. The molecule has 3 heterocycles. The molecular weight excluding hydrogens is 344 g/mol. The van der Waals surface area contributed by atoms with Crippen molar-refractivity contribution in [2.75, 3.05) is 32.7 Å². The Hall–Kier alpha value is -1.14. The molecule has 0 aromatic rings. The van der Waals surface area contributed by atoms with Crippen LogP contribution in [0.4, 0.5) is 0 Å². The molecule has 5 fully saturated rings. The lowest BCUT2D eigenvalue weighted by Gasteiger charge is -2.49. The monoisotopic (exact) mass is 376 g/mol. The minimum Gasteiger partial charge on any atom is -0.462 e. The second-order valence-corrected chi connectivity index (χ2v) is 9.86. The molecule has 7 atom stereocenters. The minimum atomic E-state index is -0.0815. The Kier molecular flexibility index (Phi) is 3.94. The molecule has 0 aromatic carbocycles. The van der Waals surface area contributed by atoms with Crippen LogP contribution in [0.1, 0.15) is 46.5 Å². The van der Waals surface area contributed by atoms with Gasteiger partial charge in [-0.25, -0.2) is 0 Å². The lowest BCUT2D eigenvalue weighted by Crippen LogP contribution is -2.55. The first kappa shape index (κ1) is 17.9. The van der Waals surface area contributed by atoms with Crippen molar-refractivity contribution in [2.24, 2.45) is 23.2 Å². The standard InChI is InChI=1S/C21H32N2O4/c1-13-5-4-6-20(3)11-16-17(18-21(13,20)27-18)15(19(25)26-16)12-22-7-9-23(10-8-22)14(2)24/h13,15-18H,4-12H2,1-3H3/t13-,15+,16+,17+,18+,20+,21-/m0/s1. The quantitative estimate of drug-likeness (QED) is 0.542. The molecule has 1 spiro atoms. The molecule has 2 saturated carbocycles. The molecule has 0 aromatic heterocycles. The third-order valence-corrected chi connectivity index (χ3v) is 8.47. The summed E-state index contributed by atoms with van der Waals surface area (Å²) in [6.07, 6.45) is 4.84. The van der Waals surface area contributed by atoms with E-state index in [2.05, 4.69) is 18.7 Å². The fourth-order valence-corrected chi connectivity index (χ4v) is 6.97. The van der Waals surface area contributed by atoms with Gasteiger partial charge in [0.05, 0.1) is 12.0 Å². The fraction of sp³-hybridized carbons (Fsp3) is 0.905. The first-order chi connectivity index (χ1) is 12.9. The van der Waals surface area contributed by atoms with Crippen LogP contribution in [-0.2, 0) is 19.1 Å².